The number of halogens is 1. The minimum absolute atomic E-state index is 0.492. The van der Waals surface area contributed by atoms with Crippen LogP contribution in [0.3, 0.4) is 0 Å². The lowest BCUT2D eigenvalue weighted by Gasteiger charge is -2.42. The largest absolute Gasteiger partial charge is 0.383 e. The van der Waals surface area contributed by atoms with Gasteiger partial charge in [-0.15, -0.1) is 0 Å². The van der Waals surface area contributed by atoms with Crippen LogP contribution < -0.4 is 0 Å². The molecule has 0 aromatic heterocycles. The van der Waals surface area contributed by atoms with Crippen molar-refractivity contribution < 1.29 is 5.11 Å². The molecule has 2 unspecified atom stereocenters. The molecule has 1 aliphatic carbocycles. The lowest BCUT2D eigenvalue weighted by atomic mass is 9.75. The number of hydrogen-bond donors (Lipinski definition) is 1. The Hall–Kier alpha value is -1.64. The van der Waals surface area contributed by atoms with E-state index in [9.17, 15) is 5.11 Å². The minimum Gasteiger partial charge on any atom is -0.383 e. The maximum Gasteiger partial charge on any atom is 0.108 e. The molecule has 23 heavy (non-hydrogen) atoms. The van der Waals surface area contributed by atoms with E-state index in [4.69, 9.17) is 0 Å². The molecule has 0 fully saturated rings. The van der Waals surface area contributed by atoms with Gasteiger partial charge in [-0.25, -0.2) is 0 Å². The Morgan fingerprint density at radius 3 is 2.17 bits per heavy atom. The zero-order valence-corrected chi connectivity index (χ0v) is 14.8. The van der Waals surface area contributed by atoms with E-state index in [1.165, 1.54) is 11.1 Å². The third-order valence-electron chi connectivity index (χ3n) is 4.70. The maximum atomic E-state index is 11.4. The first-order chi connectivity index (χ1) is 11.1. The first-order valence-corrected chi connectivity index (χ1v) is 8.80. The van der Waals surface area contributed by atoms with Crippen LogP contribution >= 0.6 is 15.9 Å². The molecule has 1 N–H and O–H groups in total. The number of hydrogen-bond acceptors (Lipinski definition) is 1. The fourth-order valence-corrected chi connectivity index (χ4v) is 4.02. The quantitative estimate of drug-likeness (QED) is 0.710. The molecule has 2 aromatic rings. The normalized spacial score (nSPS) is 23.2. The van der Waals surface area contributed by atoms with Crippen LogP contribution in [0, 0.1) is 0 Å². The van der Waals surface area contributed by atoms with E-state index in [1.54, 1.807) is 0 Å². The highest BCUT2D eigenvalue weighted by molar-refractivity contribution is 9.10. The van der Waals surface area contributed by atoms with Gasteiger partial charge in [0.2, 0.25) is 0 Å². The van der Waals surface area contributed by atoms with Crippen LogP contribution in [0.15, 0.2) is 78.9 Å². The van der Waals surface area contributed by atoms with Gasteiger partial charge in [0.15, 0.2) is 0 Å². The Morgan fingerprint density at radius 1 is 1.04 bits per heavy atom. The molecule has 118 valence electrons. The number of rotatable bonds is 4. The second-order valence-electron chi connectivity index (χ2n) is 6.01. The SMILES string of the molecule is CCC(O)(c1ccccc1)C1(Br)C=CC(c2ccccc2)=CC1. The smallest absolute Gasteiger partial charge is 0.108 e. The fourth-order valence-electron chi connectivity index (χ4n) is 3.22. The predicted molar refractivity (Wildman–Crippen MR) is 100 cm³/mol. The van der Waals surface area contributed by atoms with Crippen molar-refractivity contribution in [1.29, 1.82) is 0 Å². The molecule has 0 amide bonds. The highest BCUT2D eigenvalue weighted by Gasteiger charge is 2.47. The lowest BCUT2D eigenvalue weighted by Crippen LogP contribution is -2.46. The van der Waals surface area contributed by atoms with E-state index in [2.05, 4.69) is 46.3 Å². The summed E-state index contributed by atoms with van der Waals surface area (Å²) >= 11 is 3.83. The molecule has 0 saturated heterocycles. The summed E-state index contributed by atoms with van der Waals surface area (Å²) in [5.41, 5.74) is 2.41. The summed E-state index contributed by atoms with van der Waals surface area (Å²) < 4.78 is -0.492. The number of aliphatic hydroxyl groups is 1. The highest BCUT2D eigenvalue weighted by Crippen LogP contribution is 2.48. The molecule has 0 aliphatic heterocycles. The second kappa shape index (κ2) is 6.46. The van der Waals surface area contributed by atoms with Crippen molar-refractivity contribution in [3.8, 4) is 0 Å². The Balaban J connectivity index is 1.92. The van der Waals surface area contributed by atoms with Crippen LogP contribution in [0.4, 0.5) is 0 Å². The van der Waals surface area contributed by atoms with Gasteiger partial charge in [-0.05, 0) is 29.5 Å². The van der Waals surface area contributed by atoms with Crippen LogP contribution in [0.25, 0.3) is 5.57 Å². The van der Waals surface area contributed by atoms with Gasteiger partial charge in [0.1, 0.15) is 5.60 Å². The highest BCUT2D eigenvalue weighted by atomic mass is 79.9. The first-order valence-electron chi connectivity index (χ1n) is 8.01. The molecular formula is C21H21BrO. The third-order valence-corrected chi connectivity index (χ3v) is 5.95. The summed E-state index contributed by atoms with van der Waals surface area (Å²) in [6.45, 7) is 2.03. The van der Waals surface area contributed by atoms with Crippen LogP contribution in [0.5, 0.6) is 0 Å². The van der Waals surface area contributed by atoms with Crippen LogP contribution in [0.2, 0.25) is 0 Å². The molecule has 0 radical (unpaired) electrons. The average molecular weight is 369 g/mol. The standard InChI is InChI=1S/C21H21BrO/c1-2-21(23,19-11-7-4-8-12-19)20(22)15-13-18(14-16-20)17-9-5-3-6-10-17/h3-15,23H,2,16H2,1H3. The minimum atomic E-state index is -0.941. The van der Waals surface area contributed by atoms with Gasteiger partial charge >= 0.3 is 0 Å². The Morgan fingerprint density at radius 2 is 1.65 bits per heavy atom. The van der Waals surface area contributed by atoms with Crippen molar-refractivity contribution in [3.05, 3.63) is 90.0 Å². The van der Waals surface area contributed by atoms with E-state index < -0.39 is 9.93 Å². The first kappa shape index (κ1) is 16.2. The van der Waals surface area contributed by atoms with Crippen molar-refractivity contribution >= 4 is 21.5 Å². The molecule has 0 saturated carbocycles. The van der Waals surface area contributed by atoms with Gasteiger partial charge in [-0.3, -0.25) is 0 Å². The van der Waals surface area contributed by atoms with Gasteiger partial charge in [0.05, 0.1) is 4.32 Å². The van der Waals surface area contributed by atoms with Crippen molar-refractivity contribution in [2.24, 2.45) is 0 Å². The molecule has 1 nitrogen and oxygen atoms in total. The van der Waals surface area contributed by atoms with Crippen molar-refractivity contribution in [2.75, 3.05) is 0 Å². The summed E-state index contributed by atoms with van der Waals surface area (Å²) in [6, 6.07) is 20.3. The summed E-state index contributed by atoms with van der Waals surface area (Å²) in [5.74, 6) is 0. The lowest BCUT2D eigenvalue weighted by molar-refractivity contribution is 0.00907. The van der Waals surface area contributed by atoms with Gasteiger partial charge in [0, 0.05) is 0 Å². The summed E-state index contributed by atoms with van der Waals surface area (Å²) in [7, 11) is 0. The zero-order chi connectivity index (χ0) is 16.3. The van der Waals surface area contributed by atoms with Crippen LogP contribution in [-0.4, -0.2) is 9.43 Å². The summed E-state index contributed by atoms with van der Waals surface area (Å²) in [6.07, 6.45) is 7.80. The van der Waals surface area contributed by atoms with Crippen LogP contribution in [0.1, 0.15) is 30.9 Å². The zero-order valence-electron chi connectivity index (χ0n) is 13.2. The second-order valence-corrected chi connectivity index (χ2v) is 7.42. The van der Waals surface area contributed by atoms with Crippen LogP contribution in [-0.2, 0) is 5.60 Å². The molecule has 0 spiro atoms. The summed E-state index contributed by atoms with van der Waals surface area (Å²) in [5, 5.41) is 11.4. The van der Waals surface area contributed by atoms with E-state index in [0.717, 1.165) is 12.0 Å². The molecule has 2 atom stereocenters. The number of alkyl halides is 1. The van der Waals surface area contributed by atoms with Crippen molar-refractivity contribution in [3.63, 3.8) is 0 Å². The Labute approximate surface area is 146 Å². The third kappa shape index (κ3) is 2.93. The van der Waals surface area contributed by atoms with Gasteiger partial charge in [-0.1, -0.05) is 102 Å². The Bertz CT molecular complexity index is 720. The van der Waals surface area contributed by atoms with E-state index in [1.807, 2.05) is 55.5 Å². The molecule has 0 bridgehead atoms. The van der Waals surface area contributed by atoms with Crippen molar-refractivity contribution in [2.45, 2.75) is 29.7 Å². The molecule has 2 heteroatoms. The fraction of sp³-hybridized carbons (Fsp3) is 0.238. The molecule has 0 heterocycles. The monoisotopic (exact) mass is 368 g/mol. The molecular weight excluding hydrogens is 348 g/mol. The van der Waals surface area contributed by atoms with Gasteiger partial charge in [-0.2, -0.15) is 0 Å². The van der Waals surface area contributed by atoms with Crippen molar-refractivity contribution in [1.82, 2.24) is 0 Å². The Kier molecular flexibility index (Phi) is 4.56. The maximum absolute atomic E-state index is 11.4. The number of allylic oxidation sites excluding steroid dienone is 3. The molecule has 1 aliphatic rings. The number of benzene rings is 2. The van der Waals surface area contributed by atoms with Gasteiger partial charge < -0.3 is 5.11 Å². The average Bonchev–Trinajstić information content (AvgIpc) is 2.63. The van der Waals surface area contributed by atoms with E-state index in [-0.39, 0.29) is 0 Å². The van der Waals surface area contributed by atoms with E-state index in [0.29, 0.717) is 6.42 Å². The molecule has 2 aromatic carbocycles. The van der Waals surface area contributed by atoms with E-state index >= 15 is 0 Å². The predicted octanol–water partition coefficient (Wildman–Crippen LogP) is 5.46. The topological polar surface area (TPSA) is 20.2 Å². The van der Waals surface area contributed by atoms with Gasteiger partial charge in [0.25, 0.3) is 0 Å². The summed E-state index contributed by atoms with van der Waals surface area (Å²) in [4.78, 5) is 0. The molecule has 3 rings (SSSR count).